The number of hydrogen-bond acceptors (Lipinski definition) is 7. The van der Waals surface area contributed by atoms with Gasteiger partial charge in [0.1, 0.15) is 11.2 Å². The molecule has 0 atom stereocenters. The van der Waals surface area contributed by atoms with Gasteiger partial charge < -0.3 is 4.74 Å². The highest BCUT2D eigenvalue weighted by molar-refractivity contribution is 7.99. The molecule has 8 nitrogen and oxygen atoms in total. The summed E-state index contributed by atoms with van der Waals surface area (Å²) in [5.74, 6) is 0. The molecule has 0 aliphatic rings. The van der Waals surface area contributed by atoms with E-state index in [1.807, 2.05) is 13.0 Å². The molecule has 140 valence electrons. The van der Waals surface area contributed by atoms with E-state index in [-0.39, 0.29) is 11.2 Å². The van der Waals surface area contributed by atoms with Gasteiger partial charge in [0.25, 0.3) is 11.2 Å². The van der Waals surface area contributed by atoms with Gasteiger partial charge in [-0.05, 0) is 43.3 Å². The van der Waals surface area contributed by atoms with Crippen molar-refractivity contribution in [2.24, 2.45) is 0 Å². The van der Waals surface area contributed by atoms with Crippen molar-refractivity contribution in [1.29, 1.82) is 0 Å². The Kier molecular flexibility index (Phi) is 6.15. The Hall–Kier alpha value is -2.78. The number of ether oxygens (including phenoxy) is 1. The summed E-state index contributed by atoms with van der Waals surface area (Å²) in [4.78, 5) is 31.9. The van der Waals surface area contributed by atoms with Crippen molar-refractivity contribution < 1.29 is 9.66 Å². The first-order valence-corrected chi connectivity index (χ1v) is 9.27. The first-order valence-electron chi connectivity index (χ1n) is 8.45. The van der Waals surface area contributed by atoms with Crippen molar-refractivity contribution in [3.63, 3.8) is 0 Å². The largest absolute Gasteiger partial charge is 0.382 e. The number of hydrogen-bond donors (Lipinski definition) is 0. The van der Waals surface area contributed by atoms with Gasteiger partial charge in [0.05, 0.1) is 15.8 Å². The number of rotatable bonds is 8. The molecule has 0 aliphatic heterocycles. The molecule has 1 aromatic carbocycles. The summed E-state index contributed by atoms with van der Waals surface area (Å²) in [6.45, 7) is 3.56. The SMILES string of the molecule is CCOCCCn1c(Sc2ccc([N+](=O)[O-])cn2)nc2ccccc2c1=O. The van der Waals surface area contributed by atoms with E-state index in [0.717, 1.165) is 0 Å². The van der Waals surface area contributed by atoms with Crippen LogP contribution in [0.1, 0.15) is 13.3 Å². The van der Waals surface area contributed by atoms with Crippen molar-refractivity contribution in [3.05, 3.63) is 63.1 Å². The Morgan fingerprint density at radius 1 is 1.26 bits per heavy atom. The zero-order valence-corrected chi connectivity index (χ0v) is 15.5. The van der Waals surface area contributed by atoms with E-state index in [1.165, 1.54) is 24.0 Å². The highest BCUT2D eigenvalue weighted by atomic mass is 32.2. The number of benzene rings is 1. The standard InChI is InChI=1S/C18H18N4O4S/c1-2-26-11-5-10-21-17(23)14-6-3-4-7-15(14)20-18(21)27-16-9-8-13(12-19-16)22(24)25/h3-4,6-9,12H,2,5,10-11H2,1H3. The van der Waals surface area contributed by atoms with E-state index in [9.17, 15) is 14.9 Å². The van der Waals surface area contributed by atoms with Crippen LogP contribution in [0.3, 0.4) is 0 Å². The second-order valence-corrected chi connectivity index (χ2v) is 6.62. The van der Waals surface area contributed by atoms with Gasteiger partial charge in [-0.3, -0.25) is 19.5 Å². The Balaban J connectivity index is 1.96. The third kappa shape index (κ3) is 4.50. The van der Waals surface area contributed by atoms with Crippen LogP contribution in [0.5, 0.6) is 0 Å². The summed E-state index contributed by atoms with van der Waals surface area (Å²) in [6.07, 6.45) is 1.87. The Morgan fingerprint density at radius 3 is 2.78 bits per heavy atom. The quantitative estimate of drug-likeness (QED) is 0.253. The lowest BCUT2D eigenvalue weighted by Gasteiger charge is -2.12. The summed E-state index contributed by atoms with van der Waals surface area (Å²) >= 11 is 1.20. The molecule has 9 heteroatoms. The normalized spacial score (nSPS) is 11.0. The van der Waals surface area contributed by atoms with Crippen molar-refractivity contribution in [3.8, 4) is 0 Å². The van der Waals surface area contributed by atoms with Crippen LogP contribution in [0.2, 0.25) is 0 Å². The number of para-hydroxylation sites is 1. The van der Waals surface area contributed by atoms with Crippen LogP contribution in [-0.4, -0.2) is 32.7 Å². The molecule has 0 saturated heterocycles. The van der Waals surface area contributed by atoms with Gasteiger partial charge in [0.2, 0.25) is 0 Å². The molecular formula is C18H18N4O4S. The predicted molar refractivity (Wildman–Crippen MR) is 102 cm³/mol. The minimum atomic E-state index is -0.501. The lowest BCUT2D eigenvalue weighted by Crippen LogP contribution is -2.24. The maximum absolute atomic E-state index is 12.9. The molecule has 0 amide bonds. The van der Waals surface area contributed by atoms with E-state index in [2.05, 4.69) is 9.97 Å². The van der Waals surface area contributed by atoms with Crippen LogP contribution in [0.15, 0.2) is 57.6 Å². The van der Waals surface area contributed by atoms with E-state index >= 15 is 0 Å². The molecule has 0 fully saturated rings. The molecule has 0 N–H and O–H groups in total. The van der Waals surface area contributed by atoms with Crippen LogP contribution in [0.25, 0.3) is 10.9 Å². The smallest absolute Gasteiger partial charge is 0.287 e. The van der Waals surface area contributed by atoms with E-state index in [4.69, 9.17) is 4.74 Å². The summed E-state index contributed by atoms with van der Waals surface area (Å²) in [5, 5.41) is 12.4. The van der Waals surface area contributed by atoms with Crippen molar-refractivity contribution in [2.75, 3.05) is 13.2 Å². The van der Waals surface area contributed by atoms with E-state index in [0.29, 0.717) is 47.3 Å². The zero-order valence-electron chi connectivity index (χ0n) is 14.7. The average Bonchev–Trinajstić information content (AvgIpc) is 2.67. The molecule has 0 unspecified atom stereocenters. The Morgan fingerprint density at radius 2 is 2.07 bits per heavy atom. The monoisotopic (exact) mass is 386 g/mol. The van der Waals surface area contributed by atoms with Gasteiger partial charge in [-0.1, -0.05) is 12.1 Å². The highest BCUT2D eigenvalue weighted by Gasteiger charge is 2.14. The number of nitrogens with zero attached hydrogens (tertiary/aromatic N) is 4. The molecule has 0 spiro atoms. The second kappa shape index (κ2) is 8.74. The molecule has 0 radical (unpaired) electrons. The summed E-state index contributed by atoms with van der Waals surface area (Å²) < 4.78 is 6.96. The average molecular weight is 386 g/mol. The number of nitro groups is 1. The van der Waals surface area contributed by atoms with Crippen LogP contribution in [0.4, 0.5) is 5.69 Å². The minimum absolute atomic E-state index is 0.0834. The Bertz CT molecular complexity index is 1000. The Labute approximate surface area is 159 Å². The zero-order chi connectivity index (χ0) is 19.2. The number of fused-ring (bicyclic) bond motifs is 1. The fourth-order valence-electron chi connectivity index (χ4n) is 2.53. The summed E-state index contributed by atoms with van der Waals surface area (Å²) in [5.41, 5.74) is 0.398. The first-order chi connectivity index (χ1) is 13.1. The minimum Gasteiger partial charge on any atom is -0.382 e. The number of aromatic nitrogens is 3. The maximum atomic E-state index is 12.9. The third-order valence-corrected chi connectivity index (χ3v) is 4.77. The molecule has 27 heavy (non-hydrogen) atoms. The maximum Gasteiger partial charge on any atom is 0.287 e. The summed E-state index contributed by atoms with van der Waals surface area (Å²) in [7, 11) is 0. The summed E-state index contributed by atoms with van der Waals surface area (Å²) in [6, 6.07) is 10.1. The van der Waals surface area contributed by atoms with Crippen LogP contribution in [-0.2, 0) is 11.3 Å². The van der Waals surface area contributed by atoms with Gasteiger partial charge in [-0.2, -0.15) is 0 Å². The molecule has 2 aromatic heterocycles. The molecular weight excluding hydrogens is 368 g/mol. The van der Waals surface area contributed by atoms with Crippen LogP contribution < -0.4 is 5.56 Å². The fraction of sp³-hybridized carbons (Fsp3) is 0.278. The lowest BCUT2D eigenvalue weighted by molar-refractivity contribution is -0.385. The third-order valence-electron chi connectivity index (χ3n) is 3.83. The molecule has 3 rings (SSSR count). The second-order valence-electron chi connectivity index (χ2n) is 5.63. The van der Waals surface area contributed by atoms with E-state index < -0.39 is 4.92 Å². The van der Waals surface area contributed by atoms with Gasteiger partial charge in [-0.15, -0.1) is 0 Å². The van der Waals surface area contributed by atoms with Crippen molar-refractivity contribution in [1.82, 2.24) is 14.5 Å². The van der Waals surface area contributed by atoms with Crippen molar-refractivity contribution in [2.45, 2.75) is 30.1 Å². The van der Waals surface area contributed by atoms with Gasteiger partial charge in [-0.25, -0.2) is 9.97 Å². The van der Waals surface area contributed by atoms with Gasteiger partial charge >= 0.3 is 0 Å². The molecule has 0 saturated carbocycles. The predicted octanol–water partition coefficient (Wildman–Crippen LogP) is 3.28. The van der Waals surface area contributed by atoms with Crippen LogP contribution in [0, 0.1) is 10.1 Å². The highest BCUT2D eigenvalue weighted by Crippen LogP contribution is 2.26. The molecule has 0 bridgehead atoms. The topological polar surface area (TPSA) is 100 Å². The van der Waals surface area contributed by atoms with Crippen LogP contribution >= 0.6 is 11.8 Å². The fourth-order valence-corrected chi connectivity index (χ4v) is 3.38. The van der Waals surface area contributed by atoms with E-state index in [1.54, 1.807) is 28.8 Å². The molecule has 3 aromatic rings. The van der Waals surface area contributed by atoms with Gasteiger partial charge in [0.15, 0.2) is 5.16 Å². The van der Waals surface area contributed by atoms with Gasteiger partial charge in [0, 0.05) is 25.8 Å². The lowest BCUT2D eigenvalue weighted by atomic mass is 10.2. The molecule has 0 aliphatic carbocycles. The van der Waals surface area contributed by atoms with Crippen molar-refractivity contribution >= 4 is 28.4 Å². The molecule has 2 heterocycles. The number of pyridine rings is 1. The first kappa shape index (κ1) is 19.0.